The van der Waals surface area contributed by atoms with Crippen LogP contribution in [0.5, 0.6) is 0 Å². The zero-order valence-electron chi connectivity index (χ0n) is 19.5. The van der Waals surface area contributed by atoms with Gasteiger partial charge in [-0.3, -0.25) is 19.7 Å². The maximum Gasteiger partial charge on any atom is 0.317 e. The van der Waals surface area contributed by atoms with Gasteiger partial charge in [0.05, 0.1) is 13.1 Å². The van der Waals surface area contributed by atoms with Gasteiger partial charge < -0.3 is 5.11 Å². The van der Waals surface area contributed by atoms with Crippen LogP contribution in [-0.4, -0.2) is 58.3 Å². The number of allylic oxidation sites excluding steroid dienone is 2. The average molecular weight is 427 g/mol. The standard InChI is InChI=1S/C24H46N2O4/c1-3-5-6-7-8-9-10-11-12-13-14-15-16-17-18-19-23(27)26(30)21-20-25(4-2)22-24(28)29/h11-12,30H,3-10,13-22H2,1-2H3,(H,28,29)/b12-11-. The molecule has 0 saturated carbocycles. The smallest absolute Gasteiger partial charge is 0.317 e. The maximum absolute atomic E-state index is 11.9. The largest absolute Gasteiger partial charge is 0.480 e. The number of rotatable bonds is 21. The summed E-state index contributed by atoms with van der Waals surface area (Å²) in [7, 11) is 0. The van der Waals surface area contributed by atoms with Crippen molar-refractivity contribution >= 4 is 11.9 Å². The molecule has 0 atom stereocenters. The molecule has 0 spiro atoms. The number of hydrogen-bond acceptors (Lipinski definition) is 4. The van der Waals surface area contributed by atoms with Gasteiger partial charge in [0.2, 0.25) is 5.91 Å². The van der Waals surface area contributed by atoms with E-state index < -0.39 is 5.97 Å². The number of nitrogens with zero attached hydrogens (tertiary/aromatic N) is 2. The SMILES string of the molecule is CCCCCCCC/C=C\CCCCCCCC(=O)N(O)CCN(CC)CC(=O)O. The van der Waals surface area contributed by atoms with Crippen molar-refractivity contribution in [3.05, 3.63) is 12.2 Å². The van der Waals surface area contributed by atoms with Crippen molar-refractivity contribution in [2.45, 2.75) is 104 Å². The first kappa shape index (κ1) is 28.6. The van der Waals surface area contributed by atoms with Crippen LogP contribution in [0, 0.1) is 0 Å². The normalized spacial score (nSPS) is 11.5. The molecule has 0 aromatic rings. The van der Waals surface area contributed by atoms with Crippen LogP contribution in [0.4, 0.5) is 0 Å². The highest BCUT2D eigenvalue weighted by Crippen LogP contribution is 2.10. The summed E-state index contributed by atoms with van der Waals surface area (Å²) in [6, 6.07) is 0. The van der Waals surface area contributed by atoms with Gasteiger partial charge in [0.1, 0.15) is 0 Å². The Hall–Kier alpha value is -1.40. The van der Waals surface area contributed by atoms with Crippen LogP contribution < -0.4 is 0 Å². The quantitative estimate of drug-likeness (QED) is 0.107. The van der Waals surface area contributed by atoms with E-state index in [1.54, 1.807) is 4.90 Å². The van der Waals surface area contributed by atoms with E-state index in [-0.39, 0.29) is 19.0 Å². The molecular weight excluding hydrogens is 380 g/mol. The summed E-state index contributed by atoms with van der Waals surface area (Å²) in [5.41, 5.74) is 0. The van der Waals surface area contributed by atoms with Crippen molar-refractivity contribution < 1.29 is 19.9 Å². The molecular formula is C24H46N2O4. The second-order valence-corrected chi connectivity index (χ2v) is 8.11. The molecule has 6 nitrogen and oxygen atoms in total. The van der Waals surface area contributed by atoms with Gasteiger partial charge >= 0.3 is 5.97 Å². The Balaban J connectivity index is 3.53. The fourth-order valence-corrected chi connectivity index (χ4v) is 3.38. The predicted molar refractivity (Wildman–Crippen MR) is 123 cm³/mol. The summed E-state index contributed by atoms with van der Waals surface area (Å²) in [6.07, 6.45) is 20.7. The first-order chi connectivity index (χ1) is 14.5. The van der Waals surface area contributed by atoms with Gasteiger partial charge in [0.25, 0.3) is 0 Å². The Morgan fingerprint density at radius 2 is 1.30 bits per heavy atom. The molecule has 0 aliphatic heterocycles. The molecule has 176 valence electrons. The van der Waals surface area contributed by atoms with E-state index in [0.29, 0.717) is 19.5 Å². The first-order valence-corrected chi connectivity index (χ1v) is 12.1. The monoisotopic (exact) mass is 426 g/mol. The van der Waals surface area contributed by atoms with Gasteiger partial charge in [-0.25, -0.2) is 5.06 Å². The Kier molecular flexibility index (Phi) is 19.9. The Morgan fingerprint density at radius 3 is 1.83 bits per heavy atom. The molecule has 2 N–H and O–H groups in total. The molecule has 0 bridgehead atoms. The third-order valence-electron chi connectivity index (χ3n) is 5.37. The van der Waals surface area contributed by atoms with E-state index in [2.05, 4.69) is 19.1 Å². The third kappa shape index (κ3) is 18.6. The highest BCUT2D eigenvalue weighted by molar-refractivity contribution is 5.74. The molecule has 0 aliphatic carbocycles. The number of carbonyl (C=O) groups excluding carboxylic acids is 1. The average Bonchev–Trinajstić information content (AvgIpc) is 2.73. The molecule has 0 aromatic carbocycles. The Morgan fingerprint density at radius 1 is 0.767 bits per heavy atom. The molecule has 0 saturated heterocycles. The van der Waals surface area contributed by atoms with Crippen LogP contribution in [0.2, 0.25) is 0 Å². The van der Waals surface area contributed by atoms with E-state index in [1.165, 1.54) is 57.8 Å². The maximum atomic E-state index is 11.9. The van der Waals surface area contributed by atoms with Crippen LogP contribution >= 0.6 is 0 Å². The highest BCUT2D eigenvalue weighted by atomic mass is 16.5. The minimum atomic E-state index is -0.902. The number of unbranched alkanes of at least 4 members (excludes halogenated alkanes) is 11. The lowest BCUT2D eigenvalue weighted by Crippen LogP contribution is -2.38. The minimum Gasteiger partial charge on any atom is -0.480 e. The van der Waals surface area contributed by atoms with Crippen molar-refractivity contribution in [2.24, 2.45) is 0 Å². The number of likely N-dealkylation sites (N-methyl/N-ethyl adjacent to an activating group) is 1. The summed E-state index contributed by atoms with van der Waals surface area (Å²) in [5, 5.41) is 19.4. The number of amides is 1. The topological polar surface area (TPSA) is 81.1 Å². The van der Waals surface area contributed by atoms with Crippen LogP contribution in [0.25, 0.3) is 0 Å². The summed E-state index contributed by atoms with van der Waals surface area (Å²) in [5.74, 6) is -1.18. The minimum absolute atomic E-state index is 0.0766. The fraction of sp³-hybridized carbons (Fsp3) is 0.833. The predicted octanol–water partition coefficient (Wildman–Crippen LogP) is 5.65. The number of carboxylic acid groups (broad SMARTS) is 1. The number of aliphatic carboxylic acids is 1. The number of hydroxylamine groups is 2. The Bertz CT molecular complexity index is 454. The zero-order chi connectivity index (χ0) is 22.5. The van der Waals surface area contributed by atoms with Gasteiger partial charge in [0, 0.05) is 13.0 Å². The summed E-state index contributed by atoms with van der Waals surface area (Å²) in [4.78, 5) is 24.3. The number of carboxylic acids is 1. The molecule has 0 heterocycles. The van der Waals surface area contributed by atoms with Gasteiger partial charge in [-0.2, -0.15) is 0 Å². The second-order valence-electron chi connectivity index (χ2n) is 8.11. The second kappa shape index (κ2) is 20.9. The van der Waals surface area contributed by atoms with Crippen molar-refractivity contribution in [1.29, 1.82) is 0 Å². The first-order valence-electron chi connectivity index (χ1n) is 12.1. The lowest BCUT2D eigenvalue weighted by Gasteiger charge is -2.21. The van der Waals surface area contributed by atoms with Gasteiger partial charge in [0.15, 0.2) is 0 Å². The molecule has 1 amide bonds. The van der Waals surface area contributed by atoms with Crippen LogP contribution in [0.15, 0.2) is 12.2 Å². The Labute approximate surface area is 184 Å². The van der Waals surface area contributed by atoms with Crippen molar-refractivity contribution in [3.63, 3.8) is 0 Å². The molecule has 0 fully saturated rings. The number of hydrogen-bond donors (Lipinski definition) is 2. The molecule has 0 aliphatic rings. The van der Waals surface area contributed by atoms with E-state index in [1.807, 2.05) is 6.92 Å². The van der Waals surface area contributed by atoms with E-state index >= 15 is 0 Å². The summed E-state index contributed by atoms with van der Waals surface area (Å²) < 4.78 is 0. The summed E-state index contributed by atoms with van der Waals surface area (Å²) >= 11 is 0. The molecule has 0 aromatic heterocycles. The van der Waals surface area contributed by atoms with Crippen molar-refractivity contribution in [3.8, 4) is 0 Å². The van der Waals surface area contributed by atoms with E-state index in [9.17, 15) is 14.8 Å². The molecule has 0 radical (unpaired) electrons. The van der Waals surface area contributed by atoms with Crippen LogP contribution in [-0.2, 0) is 9.59 Å². The summed E-state index contributed by atoms with van der Waals surface area (Å²) in [6.45, 7) is 5.11. The van der Waals surface area contributed by atoms with Gasteiger partial charge in [-0.05, 0) is 38.6 Å². The van der Waals surface area contributed by atoms with E-state index in [0.717, 1.165) is 30.7 Å². The van der Waals surface area contributed by atoms with Crippen LogP contribution in [0.3, 0.4) is 0 Å². The molecule has 0 unspecified atom stereocenters. The van der Waals surface area contributed by atoms with Crippen molar-refractivity contribution in [1.82, 2.24) is 9.96 Å². The zero-order valence-corrected chi connectivity index (χ0v) is 19.5. The van der Waals surface area contributed by atoms with Crippen LogP contribution in [0.1, 0.15) is 104 Å². The fourth-order valence-electron chi connectivity index (χ4n) is 3.38. The number of carbonyl (C=O) groups is 2. The third-order valence-corrected chi connectivity index (χ3v) is 5.37. The molecule has 0 rings (SSSR count). The lowest BCUT2D eigenvalue weighted by molar-refractivity contribution is -0.166. The molecule has 6 heteroatoms. The van der Waals surface area contributed by atoms with Gasteiger partial charge in [-0.15, -0.1) is 0 Å². The molecule has 30 heavy (non-hydrogen) atoms. The van der Waals surface area contributed by atoms with E-state index in [4.69, 9.17) is 5.11 Å². The lowest BCUT2D eigenvalue weighted by atomic mass is 10.1. The van der Waals surface area contributed by atoms with Gasteiger partial charge in [-0.1, -0.05) is 77.4 Å². The highest BCUT2D eigenvalue weighted by Gasteiger charge is 2.13. The van der Waals surface area contributed by atoms with Crippen molar-refractivity contribution in [2.75, 3.05) is 26.2 Å².